The highest BCUT2D eigenvalue weighted by Crippen LogP contribution is 2.33. The number of carbonyl (C=O) groups is 1. The van der Waals surface area contributed by atoms with Gasteiger partial charge in [-0.1, -0.05) is 47.2 Å². The number of aryl methyl sites for hydroxylation is 2. The highest BCUT2D eigenvalue weighted by Gasteiger charge is 2.32. The van der Waals surface area contributed by atoms with E-state index in [4.69, 9.17) is 19.2 Å². The fraction of sp³-hybridized carbons (Fsp3) is 0.205. The van der Waals surface area contributed by atoms with E-state index in [1.165, 1.54) is 23.5 Å². The second kappa shape index (κ2) is 14.9. The highest BCUT2D eigenvalue weighted by molar-refractivity contribution is 7.07. The van der Waals surface area contributed by atoms with Gasteiger partial charge in [0.2, 0.25) is 0 Å². The summed E-state index contributed by atoms with van der Waals surface area (Å²) < 4.78 is 19.3. The summed E-state index contributed by atoms with van der Waals surface area (Å²) in [6, 6.07) is 23.9. The number of nitrogens with zero attached hydrogens (tertiary/aromatic N) is 3. The third kappa shape index (κ3) is 7.46. The number of allylic oxidation sites excluding steroid dienone is 1. The molecular formula is C39H36N4O7S. The van der Waals surface area contributed by atoms with Gasteiger partial charge in [-0.05, 0) is 98.5 Å². The van der Waals surface area contributed by atoms with Gasteiger partial charge >= 0.3 is 0 Å². The molecule has 1 atom stereocenters. The van der Waals surface area contributed by atoms with E-state index < -0.39 is 11.0 Å². The number of fused-ring (bicyclic) bond motifs is 1. The molecule has 2 heterocycles. The lowest BCUT2D eigenvalue weighted by Gasteiger charge is -2.25. The third-order valence-electron chi connectivity index (χ3n) is 8.43. The standard InChI is InChI=1S/C39H36N4O7S/c1-6-49-33-20-27(10-18-32(33)50-22-26-8-13-29(14-9-26)43(46)47)21-34-38(45)42-36(28-11-15-30(48-5)16-12-28)35(25(4)40-39(42)51-34)37(44)41-31-17-7-23(2)19-24(31)3/h7-21,36H,6,22H2,1-5H3,(H,41,44)/b34-21+/t36-/m0/s1. The van der Waals surface area contributed by atoms with E-state index in [2.05, 4.69) is 5.32 Å². The number of nitrogens with one attached hydrogen (secondary N) is 1. The Kier molecular flexibility index (Phi) is 10.1. The molecule has 0 aliphatic carbocycles. The lowest BCUT2D eigenvalue weighted by Crippen LogP contribution is -2.40. The van der Waals surface area contributed by atoms with Crippen molar-refractivity contribution in [2.45, 2.75) is 40.3 Å². The number of ether oxygens (including phenoxy) is 3. The molecule has 1 N–H and O–H groups in total. The van der Waals surface area contributed by atoms with Crippen molar-refractivity contribution in [3.63, 3.8) is 0 Å². The Balaban J connectivity index is 1.36. The number of hydrogen-bond acceptors (Lipinski definition) is 9. The van der Waals surface area contributed by atoms with E-state index in [-0.39, 0.29) is 23.8 Å². The maximum atomic E-state index is 14.3. The molecule has 0 saturated carbocycles. The van der Waals surface area contributed by atoms with E-state index >= 15 is 0 Å². The summed E-state index contributed by atoms with van der Waals surface area (Å²) in [5.74, 6) is 1.28. The number of non-ortho nitro benzene ring substituents is 1. The van der Waals surface area contributed by atoms with Crippen LogP contribution in [0.1, 0.15) is 47.7 Å². The van der Waals surface area contributed by atoms with Crippen LogP contribution in [0, 0.1) is 24.0 Å². The number of anilines is 1. The first kappa shape index (κ1) is 34.8. The van der Waals surface area contributed by atoms with Crippen molar-refractivity contribution in [1.29, 1.82) is 0 Å². The van der Waals surface area contributed by atoms with Crippen LogP contribution in [-0.4, -0.2) is 29.1 Å². The first-order valence-corrected chi connectivity index (χ1v) is 17.1. The molecule has 0 unspecified atom stereocenters. The molecule has 6 rings (SSSR count). The average Bonchev–Trinajstić information content (AvgIpc) is 3.42. The Hall–Kier alpha value is -6.01. The van der Waals surface area contributed by atoms with Crippen molar-refractivity contribution >= 4 is 34.7 Å². The molecule has 5 aromatic rings. The van der Waals surface area contributed by atoms with E-state index in [0.29, 0.717) is 55.7 Å². The molecule has 0 spiro atoms. The minimum absolute atomic E-state index is 0.00527. The number of rotatable bonds is 11. The lowest BCUT2D eigenvalue weighted by atomic mass is 9.95. The summed E-state index contributed by atoms with van der Waals surface area (Å²) in [6.45, 7) is 8.14. The van der Waals surface area contributed by atoms with Gasteiger partial charge in [0, 0.05) is 17.8 Å². The zero-order valence-corrected chi connectivity index (χ0v) is 29.6. The summed E-state index contributed by atoms with van der Waals surface area (Å²) in [7, 11) is 1.58. The number of thiazole rings is 1. The average molecular weight is 705 g/mol. The van der Waals surface area contributed by atoms with Crippen LogP contribution in [0.3, 0.4) is 0 Å². The summed E-state index contributed by atoms with van der Waals surface area (Å²) in [5, 5.41) is 14.0. The summed E-state index contributed by atoms with van der Waals surface area (Å²) in [4.78, 5) is 44.1. The molecule has 260 valence electrons. The van der Waals surface area contributed by atoms with Crippen molar-refractivity contribution < 1.29 is 23.9 Å². The number of nitro benzene ring substituents is 1. The fourth-order valence-corrected chi connectivity index (χ4v) is 6.93. The monoisotopic (exact) mass is 704 g/mol. The molecular weight excluding hydrogens is 669 g/mol. The van der Waals surface area contributed by atoms with Crippen molar-refractivity contribution in [1.82, 2.24) is 4.57 Å². The van der Waals surface area contributed by atoms with Gasteiger partial charge in [-0.2, -0.15) is 0 Å². The Morgan fingerprint density at radius 3 is 2.39 bits per heavy atom. The molecule has 12 heteroatoms. The van der Waals surface area contributed by atoms with Gasteiger partial charge in [0.15, 0.2) is 16.3 Å². The predicted octanol–water partition coefficient (Wildman–Crippen LogP) is 6.39. The van der Waals surface area contributed by atoms with E-state index in [9.17, 15) is 19.7 Å². The Bertz CT molecular complexity index is 2340. The van der Waals surface area contributed by atoms with Crippen LogP contribution in [0.5, 0.6) is 17.2 Å². The van der Waals surface area contributed by atoms with Crippen LogP contribution < -0.4 is 34.4 Å². The van der Waals surface area contributed by atoms with Gasteiger partial charge in [0.25, 0.3) is 17.2 Å². The van der Waals surface area contributed by atoms with Gasteiger partial charge < -0.3 is 19.5 Å². The third-order valence-corrected chi connectivity index (χ3v) is 9.42. The number of amides is 1. The molecule has 11 nitrogen and oxygen atoms in total. The van der Waals surface area contributed by atoms with Gasteiger partial charge in [0.1, 0.15) is 12.4 Å². The van der Waals surface area contributed by atoms with Gasteiger partial charge in [0.05, 0.1) is 40.5 Å². The largest absolute Gasteiger partial charge is 0.497 e. The topological polar surface area (TPSA) is 134 Å². The quantitative estimate of drug-likeness (QED) is 0.125. The zero-order chi connectivity index (χ0) is 36.2. The molecule has 1 aliphatic heterocycles. The van der Waals surface area contributed by atoms with E-state index in [1.807, 2.05) is 57.2 Å². The first-order chi connectivity index (χ1) is 24.6. The second-order valence-corrected chi connectivity index (χ2v) is 13.0. The summed E-state index contributed by atoms with van der Waals surface area (Å²) in [6.07, 6.45) is 1.77. The zero-order valence-electron chi connectivity index (χ0n) is 28.8. The maximum Gasteiger partial charge on any atom is 0.271 e. The highest BCUT2D eigenvalue weighted by atomic mass is 32.1. The van der Waals surface area contributed by atoms with E-state index in [1.54, 1.807) is 61.1 Å². The van der Waals surface area contributed by atoms with Gasteiger partial charge in [-0.25, -0.2) is 4.99 Å². The Morgan fingerprint density at radius 2 is 1.73 bits per heavy atom. The Morgan fingerprint density at radius 1 is 0.980 bits per heavy atom. The maximum absolute atomic E-state index is 14.3. The molecule has 51 heavy (non-hydrogen) atoms. The normalized spacial score (nSPS) is 14.1. The number of nitro groups is 1. The second-order valence-electron chi connectivity index (χ2n) is 12.0. The number of aromatic nitrogens is 1. The molecule has 4 aromatic carbocycles. The van der Waals surface area contributed by atoms with Crippen molar-refractivity contribution in [2.75, 3.05) is 19.0 Å². The van der Waals surface area contributed by atoms with Crippen LogP contribution in [0.4, 0.5) is 11.4 Å². The van der Waals surface area contributed by atoms with Crippen LogP contribution in [-0.2, 0) is 11.4 Å². The minimum atomic E-state index is -0.741. The van der Waals surface area contributed by atoms with Crippen LogP contribution in [0.2, 0.25) is 0 Å². The molecule has 0 bridgehead atoms. The molecule has 1 amide bonds. The smallest absolute Gasteiger partial charge is 0.271 e. The number of hydrogen-bond donors (Lipinski definition) is 1. The van der Waals surface area contributed by atoms with Crippen LogP contribution in [0.25, 0.3) is 6.08 Å². The summed E-state index contributed by atoms with van der Waals surface area (Å²) in [5.41, 5.74) is 5.49. The first-order valence-electron chi connectivity index (χ1n) is 16.2. The van der Waals surface area contributed by atoms with Crippen molar-refractivity contribution in [3.05, 3.63) is 154 Å². The van der Waals surface area contributed by atoms with Crippen molar-refractivity contribution in [2.24, 2.45) is 4.99 Å². The van der Waals surface area contributed by atoms with Gasteiger partial charge in [-0.3, -0.25) is 24.3 Å². The minimum Gasteiger partial charge on any atom is -0.497 e. The van der Waals surface area contributed by atoms with Gasteiger partial charge in [-0.15, -0.1) is 0 Å². The number of methoxy groups -OCH3 is 1. The molecule has 0 fully saturated rings. The Labute approximate surface area is 297 Å². The predicted molar refractivity (Wildman–Crippen MR) is 196 cm³/mol. The molecule has 1 aromatic heterocycles. The van der Waals surface area contributed by atoms with Crippen LogP contribution in [0.15, 0.2) is 106 Å². The molecule has 0 radical (unpaired) electrons. The number of benzene rings is 4. The summed E-state index contributed by atoms with van der Waals surface area (Å²) >= 11 is 1.24. The molecule has 0 saturated heterocycles. The number of carbonyl (C=O) groups excluding carboxylic acids is 1. The SMILES string of the molecule is CCOc1cc(/C=c2/sc3n(c2=O)[C@@H](c2ccc(OC)cc2)C(C(=O)Nc2ccc(C)cc2C)=C(C)N=3)ccc1OCc1ccc([N+](=O)[O-])cc1. The molecule has 1 aliphatic rings. The van der Waals surface area contributed by atoms with Crippen LogP contribution >= 0.6 is 11.3 Å². The lowest BCUT2D eigenvalue weighted by molar-refractivity contribution is -0.384. The fourth-order valence-electron chi connectivity index (χ4n) is 5.89. The van der Waals surface area contributed by atoms with E-state index in [0.717, 1.165) is 22.3 Å². The van der Waals surface area contributed by atoms with Crippen molar-refractivity contribution in [3.8, 4) is 17.2 Å².